The highest BCUT2D eigenvalue weighted by molar-refractivity contribution is 8.14. The first kappa shape index (κ1) is 12.8. The van der Waals surface area contributed by atoms with Crippen molar-refractivity contribution in [2.45, 2.75) is 24.8 Å². The molecule has 1 aromatic rings. The quantitative estimate of drug-likeness (QED) is 0.838. The van der Waals surface area contributed by atoms with Crippen molar-refractivity contribution in [2.75, 3.05) is 17.3 Å². The zero-order chi connectivity index (χ0) is 12.3. The smallest absolute Gasteiger partial charge is 0.161 e. The second-order valence-corrected chi connectivity index (χ2v) is 6.30. The van der Waals surface area contributed by atoms with Gasteiger partial charge in [0.1, 0.15) is 0 Å². The second-order valence-electron chi connectivity index (χ2n) is 4.41. The minimum absolute atomic E-state index is 0.464. The summed E-state index contributed by atoms with van der Waals surface area (Å²) >= 11 is 3.58. The Kier molecular flexibility index (Phi) is 4.40. The molecule has 0 fully saturated rings. The number of aliphatic imine (C=N–C) groups is 1. The van der Waals surface area contributed by atoms with E-state index >= 15 is 0 Å². The van der Waals surface area contributed by atoms with Crippen molar-refractivity contribution < 1.29 is 0 Å². The number of hydrogen-bond donors (Lipinski definition) is 1. The van der Waals surface area contributed by atoms with Crippen LogP contribution in [0.15, 0.2) is 34.2 Å². The SMILES string of the molecule is CSc1cccc(NC2=N[C@@H](C(C)C)CS2)c1. The highest BCUT2D eigenvalue weighted by Gasteiger charge is 2.20. The lowest BCUT2D eigenvalue weighted by atomic mass is 10.1. The molecule has 1 aliphatic rings. The highest BCUT2D eigenvalue weighted by Crippen LogP contribution is 2.25. The number of nitrogens with zero attached hydrogens (tertiary/aromatic N) is 1. The molecule has 0 bridgehead atoms. The highest BCUT2D eigenvalue weighted by atomic mass is 32.2. The average molecular weight is 266 g/mol. The molecule has 1 N–H and O–H groups in total. The Hall–Kier alpha value is -0.610. The van der Waals surface area contributed by atoms with Crippen LogP contribution in [-0.4, -0.2) is 23.2 Å². The molecular weight excluding hydrogens is 248 g/mol. The van der Waals surface area contributed by atoms with Crippen LogP contribution < -0.4 is 5.32 Å². The molecule has 0 saturated carbocycles. The Labute approximate surface area is 112 Å². The molecule has 2 rings (SSSR count). The van der Waals surface area contributed by atoms with E-state index in [4.69, 9.17) is 4.99 Å². The predicted molar refractivity (Wildman–Crippen MR) is 80.4 cm³/mol. The molecule has 17 heavy (non-hydrogen) atoms. The van der Waals surface area contributed by atoms with Crippen molar-refractivity contribution in [1.82, 2.24) is 0 Å². The first-order valence-corrected chi connectivity index (χ1v) is 8.01. The summed E-state index contributed by atoms with van der Waals surface area (Å²) in [7, 11) is 0. The van der Waals surface area contributed by atoms with Gasteiger partial charge in [-0.3, -0.25) is 4.99 Å². The van der Waals surface area contributed by atoms with Gasteiger partial charge >= 0.3 is 0 Å². The molecule has 1 atom stereocenters. The molecular formula is C13H18N2S2. The van der Waals surface area contributed by atoms with E-state index in [9.17, 15) is 0 Å². The van der Waals surface area contributed by atoms with Gasteiger partial charge in [-0.1, -0.05) is 31.7 Å². The molecule has 0 saturated heterocycles. The van der Waals surface area contributed by atoms with Gasteiger partial charge in [-0.05, 0) is 30.4 Å². The Balaban J connectivity index is 2.04. The van der Waals surface area contributed by atoms with Crippen molar-refractivity contribution >= 4 is 34.4 Å². The minimum atomic E-state index is 0.464. The van der Waals surface area contributed by atoms with Gasteiger partial charge in [0, 0.05) is 16.3 Å². The van der Waals surface area contributed by atoms with Crippen molar-refractivity contribution in [2.24, 2.45) is 10.9 Å². The molecule has 1 aromatic carbocycles. The van der Waals surface area contributed by atoms with Crippen LogP contribution in [0.1, 0.15) is 13.8 Å². The number of rotatable bonds is 3. The molecule has 0 amide bonds. The lowest BCUT2D eigenvalue weighted by Gasteiger charge is -2.08. The Morgan fingerprint density at radius 3 is 2.94 bits per heavy atom. The van der Waals surface area contributed by atoms with E-state index in [1.165, 1.54) is 4.90 Å². The maximum Gasteiger partial charge on any atom is 0.161 e. The van der Waals surface area contributed by atoms with Crippen LogP contribution in [0.25, 0.3) is 0 Å². The molecule has 92 valence electrons. The van der Waals surface area contributed by atoms with Gasteiger partial charge in [0.25, 0.3) is 0 Å². The van der Waals surface area contributed by atoms with Crippen LogP contribution in [0.5, 0.6) is 0 Å². The Morgan fingerprint density at radius 1 is 1.47 bits per heavy atom. The van der Waals surface area contributed by atoms with Gasteiger partial charge in [0.05, 0.1) is 6.04 Å². The Bertz CT molecular complexity index is 416. The third-order valence-corrected chi connectivity index (χ3v) is 4.48. The van der Waals surface area contributed by atoms with Gasteiger partial charge < -0.3 is 5.32 Å². The third-order valence-electron chi connectivity index (χ3n) is 2.76. The number of hydrogen-bond acceptors (Lipinski definition) is 4. The summed E-state index contributed by atoms with van der Waals surface area (Å²) in [5, 5.41) is 4.46. The van der Waals surface area contributed by atoms with E-state index in [1.807, 2.05) is 11.8 Å². The molecule has 2 nitrogen and oxygen atoms in total. The third kappa shape index (κ3) is 3.42. The standard InChI is InChI=1S/C13H18N2S2/c1-9(2)12-8-17-13(15-12)14-10-5-4-6-11(7-10)16-3/h4-7,9,12H,8H2,1-3H3,(H,14,15)/t12-/m1/s1. The summed E-state index contributed by atoms with van der Waals surface area (Å²) in [4.78, 5) is 5.98. The van der Waals surface area contributed by atoms with E-state index in [-0.39, 0.29) is 0 Å². The maximum atomic E-state index is 4.70. The number of nitrogens with one attached hydrogen (secondary N) is 1. The molecule has 0 radical (unpaired) electrons. The molecule has 0 unspecified atom stereocenters. The number of thioether (sulfide) groups is 2. The van der Waals surface area contributed by atoms with Gasteiger partial charge in [-0.2, -0.15) is 0 Å². The van der Waals surface area contributed by atoms with E-state index in [0.29, 0.717) is 12.0 Å². The summed E-state index contributed by atoms with van der Waals surface area (Å²) < 4.78 is 0. The molecule has 1 heterocycles. The van der Waals surface area contributed by atoms with Crippen molar-refractivity contribution in [3.63, 3.8) is 0 Å². The zero-order valence-electron chi connectivity index (χ0n) is 10.4. The summed E-state index contributed by atoms with van der Waals surface area (Å²) in [5.74, 6) is 1.72. The van der Waals surface area contributed by atoms with Crippen LogP contribution in [0.4, 0.5) is 5.69 Å². The summed E-state index contributed by atoms with van der Waals surface area (Å²) in [5.41, 5.74) is 1.13. The van der Waals surface area contributed by atoms with Gasteiger partial charge in [-0.15, -0.1) is 11.8 Å². The fraction of sp³-hybridized carbons (Fsp3) is 0.462. The van der Waals surface area contributed by atoms with Crippen LogP contribution in [-0.2, 0) is 0 Å². The molecule has 0 aliphatic carbocycles. The van der Waals surface area contributed by atoms with Gasteiger partial charge in [0.2, 0.25) is 0 Å². The van der Waals surface area contributed by atoms with Crippen LogP contribution in [0.3, 0.4) is 0 Å². The molecule has 1 aliphatic heterocycles. The lowest BCUT2D eigenvalue weighted by molar-refractivity contribution is 0.543. The van der Waals surface area contributed by atoms with Crippen LogP contribution in [0, 0.1) is 5.92 Å². The summed E-state index contributed by atoms with van der Waals surface area (Å²) in [6.45, 7) is 4.46. The summed E-state index contributed by atoms with van der Waals surface area (Å²) in [6, 6.07) is 8.92. The monoisotopic (exact) mass is 266 g/mol. The fourth-order valence-electron chi connectivity index (χ4n) is 1.62. The lowest BCUT2D eigenvalue weighted by Crippen LogP contribution is -2.12. The first-order valence-electron chi connectivity index (χ1n) is 5.80. The van der Waals surface area contributed by atoms with Crippen LogP contribution >= 0.6 is 23.5 Å². The second kappa shape index (κ2) is 5.83. The van der Waals surface area contributed by atoms with E-state index in [0.717, 1.165) is 16.6 Å². The number of amidine groups is 1. The van der Waals surface area contributed by atoms with E-state index < -0.39 is 0 Å². The van der Waals surface area contributed by atoms with Crippen LogP contribution in [0.2, 0.25) is 0 Å². The molecule has 0 spiro atoms. The molecule has 4 heteroatoms. The maximum absolute atomic E-state index is 4.70. The zero-order valence-corrected chi connectivity index (χ0v) is 12.1. The van der Waals surface area contributed by atoms with Crippen molar-refractivity contribution in [1.29, 1.82) is 0 Å². The number of anilines is 1. The van der Waals surface area contributed by atoms with Crippen molar-refractivity contribution in [3.8, 4) is 0 Å². The van der Waals surface area contributed by atoms with Gasteiger partial charge in [-0.25, -0.2) is 0 Å². The molecule has 0 aromatic heterocycles. The minimum Gasteiger partial charge on any atom is -0.335 e. The largest absolute Gasteiger partial charge is 0.335 e. The predicted octanol–water partition coefficient (Wildman–Crippen LogP) is 3.95. The fourth-order valence-corrected chi connectivity index (χ4v) is 3.27. The summed E-state index contributed by atoms with van der Waals surface area (Å²) in [6.07, 6.45) is 2.09. The number of benzene rings is 1. The Morgan fingerprint density at radius 2 is 2.29 bits per heavy atom. The van der Waals surface area contributed by atoms with Crippen molar-refractivity contribution in [3.05, 3.63) is 24.3 Å². The topological polar surface area (TPSA) is 24.4 Å². The van der Waals surface area contributed by atoms with E-state index in [1.54, 1.807) is 11.8 Å². The van der Waals surface area contributed by atoms with Gasteiger partial charge in [0.15, 0.2) is 5.17 Å². The average Bonchev–Trinajstić information content (AvgIpc) is 2.78. The normalized spacial score (nSPS) is 19.5. The first-order chi connectivity index (χ1) is 8.19. The van der Waals surface area contributed by atoms with E-state index in [2.05, 4.69) is 49.7 Å².